The summed E-state index contributed by atoms with van der Waals surface area (Å²) in [5.74, 6) is -0.198. The summed E-state index contributed by atoms with van der Waals surface area (Å²) in [5.41, 5.74) is 5.85. The van der Waals surface area contributed by atoms with Crippen LogP contribution in [0, 0.1) is 0 Å². The molecule has 1 heterocycles. The summed E-state index contributed by atoms with van der Waals surface area (Å²) in [4.78, 5) is 36.2. The summed E-state index contributed by atoms with van der Waals surface area (Å²) in [7, 11) is 0. The third kappa shape index (κ3) is 3.75. The van der Waals surface area contributed by atoms with Crippen molar-refractivity contribution in [2.24, 2.45) is 0 Å². The van der Waals surface area contributed by atoms with Crippen LogP contribution in [0.5, 0.6) is 0 Å². The van der Waals surface area contributed by atoms with E-state index in [1.165, 1.54) is 0 Å². The van der Waals surface area contributed by atoms with Crippen LogP contribution >= 0.6 is 11.8 Å². The lowest BCUT2D eigenvalue weighted by Crippen LogP contribution is -2.42. The molecule has 0 saturated heterocycles. The molecule has 0 unspecified atom stereocenters. The molecule has 0 bridgehead atoms. The van der Waals surface area contributed by atoms with E-state index in [2.05, 4.69) is 21.0 Å². The first-order valence-electron chi connectivity index (χ1n) is 7.76. The Kier molecular flexibility index (Phi) is 5.33. The Bertz CT molecular complexity index is 1010. The molecular weight excluding hydrogens is 352 g/mol. The highest BCUT2D eigenvalue weighted by atomic mass is 32.2. The van der Waals surface area contributed by atoms with Gasteiger partial charge in [-0.15, -0.1) is 0 Å². The second-order valence-corrected chi connectivity index (χ2v) is 6.35. The minimum atomic E-state index is -0.621. The summed E-state index contributed by atoms with van der Waals surface area (Å²) >= 11 is 1.69. The van der Waals surface area contributed by atoms with Crippen LogP contribution in [0.2, 0.25) is 0 Å². The maximum absolute atomic E-state index is 12.3. The molecule has 2 amide bonds. The van der Waals surface area contributed by atoms with Gasteiger partial charge in [0.15, 0.2) is 5.69 Å². The number of hydrazine groups is 1. The summed E-state index contributed by atoms with van der Waals surface area (Å²) < 4.78 is 0. The van der Waals surface area contributed by atoms with Crippen LogP contribution in [0.15, 0.2) is 53.3 Å². The Morgan fingerprint density at radius 1 is 1.00 bits per heavy atom. The highest BCUT2D eigenvalue weighted by Gasteiger charge is 2.15. The van der Waals surface area contributed by atoms with Gasteiger partial charge in [-0.2, -0.15) is 16.9 Å². The van der Waals surface area contributed by atoms with Crippen molar-refractivity contribution in [2.45, 2.75) is 5.75 Å². The van der Waals surface area contributed by atoms with E-state index in [1.807, 2.05) is 18.4 Å². The van der Waals surface area contributed by atoms with Gasteiger partial charge in [-0.3, -0.25) is 25.2 Å². The third-order valence-electron chi connectivity index (χ3n) is 3.73. The van der Waals surface area contributed by atoms with E-state index in [1.54, 1.807) is 48.2 Å². The molecule has 0 aliphatic heterocycles. The lowest BCUT2D eigenvalue weighted by molar-refractivity contribution is 0.0844. The van der Waals surface area contributed by atoms with Crippen LogP contribution in [0.25, 0.3) is 10.8 Å². The van der Waals surface area contributed by atoms with Gasteiger partial charge in [-0.05, 0) is 30.0 Å². The quantitative estimate of drug-likeness (QED) is 0.610. The van der Waals surface area contributed by atoms with E-state index in [0.29, 0.717) is 16.3 Å². The largest absolute Gasteiger partial charge is 0.290 e. The van der Waals surface area contributed by atoms with Crippen LogP contribution in [-0.2, 0) is 5.75 Å². The standard InChI is InChI=1S/C18H16N4O3S/c1-26-10-11-6-8-12(9-7-11)16(23)20-22-18(25)15-13-4-2-3-5-14(13)17(24)21-19-15/h2-9H,10H2,1H3,(H,20,23)(H,21,24)(H,22,25). The first-order valence-corrected chi connectivity index (χ1v) is 9.15. The fourth-order valence-electron chi connectivity index (χ4n) is 2.45. The number of nitrogens with one attached hydrogen (secondary N) is 3. The Morgan fingerprint density at radius 2 is 1.65 bits per heavy atom. The lowest BCUT2D eigenvalue weighted by Gasteiger charge is -2.08. The molecule has 2 aromatic carbocycles. The molecule has 1 aromatic heterocycles. The molecular formula is C18H16N4O3S. The number of nitrogens with zero attached hydrogens (tertiary/aromatic N) is 1. The van der Waals surface area contributed by atoms with Gasteiger partial charge in [0, 0.05) is 16.7 Å². The normalized spacial score (nSPS) is 10.5. The molecule has 0 fully saturated rings. The number of amides is 2. The van der Waals surface area contributed by atoms with Gasteiger partial charge in [-0.25, -0.2) is 5.10 Å². The van der Waals surface area contributed by atoms with Crippen LogP contribution in [0.3, 0.4) is 0 Å². The second-order valence-electron chi connectivity index (χ2n) is 5.49. The number of aromatic amines is 1. The number of carbonyl (C=O) groups is 2. The molecule has 7 nitrogen and oxygen atoms in total. The van der Waals surface area contributed by atoms with Crippen molar-refractivity contribution in [1.29, 1.82) is 0 Å². The van der Waals surface area contributed by atoms with Crippen molar-refractivity contribution in [1.82, 2.24) is 21.0 Å². The fourth-order valence-corrected chi connectivity index (χ4v) is 2.98. The average Bonchev–Trinajstić information content (AvgIpc) is 2.67. The lowest BCUT2D eigenvalue weighted by atomic mass is 10.1. The van der Waals surface area contributed by atoms with Crippen molar-refractivity contribution >= 4 is 34.3 Å². The van der Waals surface area contributed by atoms with Gasteiger partial charge in [0.05, 0.1) is 5.39 Å². The Morgan fingerprint density at radius 3 is 2.35 bits per heavy atom. The SMILES string of the molecule is CSCc1ccc(C(=O)NNC(=O)c2n[nH]c(=O)c3ccccc23)cc1. The van der Waals surface area contributed by atoms with Gasteiger partial charge >= 0.3 is 0 Å². The van der Waals surface area contributed by atoms with Gasteiger partial charge in [-0.1, -0.05) is 30.3 Å². The summed E-state index contributed by atoms with van der Waals surface area (Å²) in [5, 5.41) is 6.82. The van der Waals surface area contributed by atoms with Gasteiger partial charge in [0.2, 0.25) is 0 Å². The minimum Gasteiger partial charge on any atom is -0.267 e. The van der Waals surface area contributed by atoms with Gasteiger partial charge in [0.25, 0.3) is 17.4 Å². The van der Waals surface area contributed by atoms with Gasteiger partial charge in [0.1, 0.15) is 0 Å². The van der Waals surface area contributed by atoms with E-state index in [9.17, 15) is 14.4 Å². The number of aromatic nitrogens is 2. The molecule has 0 saturated carbocycles. The van der Waals surface area contributed by atoms with E-state index in [0.717, 1.165) is 11.3 Å². The third-order valence-corrected chi connectivity index (χ3v) is 4.35. The Balaban J connectivity index is 1.72. The smallest absolute Gasteiger partial charge is 0.267 e. The van der Waals surface area contributed by atoms with E-state index in [4.69, 9.17) is 0 Å². The van der Waals surface area contributed by atoms with Crippen molar-refractivity contribution < 1.29 is 9.59 Å². The number of benzene rings is 2. The van der Waals surface area contributed by atoms with Crippen molar-refractivity contribution in [3.8, 4) is 0 Å². The van der Waals surface area contributed by atoms with E-state index >= 15 is 0 Å². The maximum atomic E-state index is 12.3. The number of H-pyrrole nitrogens is 1. The average molecular weight is 368 g/mol. The summed E-state index contributed by atoms with van der Waals surface area (Å²) in [6.45, 7) is 0. The zero-order chi connectivity index (χ0) is 18.5. The molecule has 0 radical (unpaired) electrons. The molecule has 0 aliphatic rings. The molecule has 3 N–H and O–H groups in total. The van der Waals surface area contributed by atoms with Gasteiger partial charge < -0.3 is 0 Å². The van der Waals surface area contributed by atoms with E-state index in [-0.39, 0.29) is 11.3 Å². The zero-order valence-corrected chi connectivity index (χ0v) is 14.7. The molecule has 0 atom stereocenters. The van der Waals surface area contributed by atoms with Crippen molar-refractivity contribution in [3.05, 3.63) is 75.7 Å². The molecule has 132 valence electrons. The summed E-state index contributed by atoms with van der Waals surface area (Å²) in [6.07, 6.45) is 2.00. The zero-order valence-electron chi connectivity index (χ0n) is 13.9. The molecule has 3 rings (SSSR count). The first kappa shape index (κ1) is 17.7. The first-order chi connectivity index (χ1) is 12.6. The molecule has 0 spiro atoms. The highest BCUT2D eigenvalue weighted by Crippen LogP contribution is 2.12. The number of thioether (sulfide) groups is 1. The van der Waals surface area contributed by atoms with Crippen LogP contribution in [-0.4, -0.2) is 28.3 Å². The topological polar surface area (TPSA) is 104 Å². The second kappa shape index (κ2) is 7.83. The monoisotopic (exact) mass is 368 g/mol. The van der Waals surface area contributed by atoms with Crippen LogP contribution in [0.4, 0.5) is 0 Å². The minimum absolute atomic E-state index is 0.0239. The maximum Gasteiger partial charge on any atom is 0.290 e. The fraction of sp³-hybridized carbons (Fsp3) is 0.111. The number of hydrogen-bond acceptors (Lipinski definition) is 5. The van der Waals surface area contributed by atoms with Crippen LogP contribution in [0.1, 0.15) is 26.4 Å². The predicted octanol–water partition coefficient (Wildman–Crippen LogP) is 1.86. The van der Waals surface area contributed by atoms with E-state index < -0.39 is 11.8 Å². The highest BCUT2D eigenvalue weighted by molar-refractivity contribution is 7.97. The number of rotatable bonds is 4. The Labute approximate surface area is 153 Å². The molecule has 0 aliphatic carbocycles. The number of hydrogen-bond donors (Lipinski definition) is 3. The number of fused-ring (bicyclic) bond motifs is 1. The summed E-state index contributed by atoms with van der Waals surface area (Å²) in [6, 6.07) is 13.7. The number of carbonyl (C=O) groups excluding carboxylic acids is 2. The van der Waals surface area contributed by atoms with Crippen molar-refractivity contribution in [2.75, 3.05) is 6.26 Å². The molecule has 3 aromatic rings. The molecule has 26 heavy (non-hydrogen) atoms. The predicted molar refractivity (Wildman–Crippen MR) is 101 cm³/mol. The van der Waals surface area contributed by atoms with Crippen LogP contribution < -0.4 is 16.4 Å². The molecule has 8 heteroatoms. The Hall–Kier alpha value is -3.13. The van der Waals surface area contributed by atoms with Crippen molar-refractivity contribution in [3.63, 3.8) is 0 Å².